The van der Waals surface area contributed by atoms with E-state index in [9.17, 15) is 9.70 Å². The number of hydrogen-bond donors (Lipinski definition) is 1. The zero-order chi connectivity index (χ0) is 9.68. The summed E-state index contributed by atoms with van der Waals surface area (Å²) in [6.45, 7) is 0.431. The molecule has 4 heteroatoms. The topological polar surface area (TPSA) is 72.5 Å². The molecular formula is C9H10N2O2. The third-order valence-corrected chi connectivity index (χ3v) is 1.76. The number of nitrogens with two attached hydrogens (primary N) is 1. The molecule has 0 saturated heterocycles. The number of carbonyl (C=O) groups is 1. The number of hydrogen-bond acceptors (Lipinski definition) is 3. The van der Waals surface area contributed by atoms with E-state index in [0.717, 1.165) is 5.57 Å². The van der Waals surface area contributed by atoms with E-state index in [1.807, 2.05) is 6.08 Å². The zero-order valence-electron chi connectivity index (χ0n) is 7.06. The van der Waals surface area contributed by atoms with Crippen molar-refractivity contribution in [1.29, 1.82) is 0 Å². The quantitative estimate of drug-likeness (QED) is 0.642. The van der Waals surface area contributed by atoms with Crippen molar-refractivity contribution in [2.24, 2.45) is 10.9 Å². The fourth-order valence-electron chi connectivity index (χ4n) is 1.03. The molecule has 68 valence electrons. The van der Waals surface area contributed by atoms with E-state index in [2.05, 4.69) is 5.18 Å². The first-order chi connectivity index (χ1) is 6.27. The van der Waals surface area contributed by atoms with Crippen molar-refractivity contribution in [3.8, 4) is 0 Å². The lowest BCUT2D eigenvalue weighted by atomic mass is 10.2. The molecule has 0 unspecified atom stereocenters. The lowest BCUT2D eigenvalue weighted by Crippen LogP contribution is -2.00. The van der Waals surface area contributed by atoms with E-state index in [0.29, 0.717) is 18.5 Å². The summed E-state index contributed by atoms with van der Waals surface area (Å²) in [7, 11) is 0. The highest BCUT2D eigenvalue weighted by atomic mass is 16.3. The minimum Gasteiger partial charge on any atom is -0.327 e. The molecule has 0 saturated carbocycles. The van der Waals surface area contributed by atoms with Crippen molar-refractivity contribution in [2.75, 3.05) is 6.54 Å². The van der Waals surface area contributed by atoms with Crippen LogP contribution in [0.15, 0.2) is 40.6 Å². The van der Waals surface area contributed by atoms with Gasteiger partial charge in [-0.3, -0.25) is 4.79 Å². The Labute approximate surface area is 75.8 Å². The predicted molar refractivity (Wildman–Crippen MR) is 49.8 cm³/mol. The van der Waals surface area contributed by atoms with Crippen LogP contribution in [0.5, 0.6) is 0 Å². The number of amides is 1. The Balaban J connectivity index is 2.79. The van der Waals surface area contributed by atoms with Gasteiger partial charge in [-0.2, -0.15) is 0 Å². The van der Waals surface area contributed by atoms with Gasteiger partial charge in [-0.05, 0) is 18.1 Å². The Morgan fingerprint density at radius 2 is 2.23 bits per heavy atom. The molecule has 0 heterocycles. The molecule has 0 atom stereocenters. The highest BCUT2D eigenvalue weighted by molar-refractivity contribution is 5.96. The second-order valence-electron chi connectivity index (χ2n) is 2.61. The summed E-state index contributed by atoms with van der Waals surface area (Å²) in [6, 6.07) is 0. The zero-order valence-corrected chi connectivity index (χ0v) is 7.06. The minimum atomic E-state index is -0.733. The molecule has 1 aliphatic rings. The molecule has 0 radical (unpaired) electrons. The number of rotatable bonds is 2. The van der Waals surface area contributed by atoms with Crippen molar-refractivity contribution in [3.63, 3.8) is 0 Å². The summed E-state index contributed by atoms with van der Waals surface area (Å²) in [5.74, 6) is -0.733. The van der Waals surface area contributed by atoms with Crippen LogP contribution in [0.25, 0.3) is 0 Å². The lowest BCUT2D eigenvalue weighted by Gasteiger charge is -1.91. The lowest BCUT2D eigenvalue weighted by molar-refractivity contribution is -0.114. The second-order valence-corrected chi connectivity index (χ2v) is 2.61. The van der Waals surface area contributed by atoms with E-state index in [4.69, 9.17) is 5.73 Å². The summed E-state index contributed by atoms with van der Waals surface area (Å²) in [5.41, 5.74) is 6.69. The molecule has 13 heavy (non-hydrogen) atoms. The van der Waals surface area contributed by atoms with Gasteiger partial charge in [0, 0.05) is 17.3 Å². The van der Waals surface area contributed by atoms with E-state index in [1.54, 1.807) is 18.2 Å². The van der Waals surface area contributed by atoms with Crippen LogP contribution >= 0.6 is 0 Å². The largest absolute Gasteiger partial charge is 0.327 e. The average molecular weight is 178 g/mol. The monoisotopic (exact) mass is 178 g/mol. The Bertz CT molecular complexity index is 314. The molecule has 0 aromatic carbocycles. The molecule has 0 aromatic heterocycles. The molecule has 1 amide bonds. The van der Waals surface area contributed by atoms with Crippen LogP contribution in [-0.2, 0) is 4.79 Å². The van der Waals surface area contributed by atoms with Crippen molar-refractivity contribution >= 4 is 5.91 Å². The van der Waals surface area contributed by atoms with Crippen LogP contribution in [0.1, 0.15) is 6.42 Å². The maximum absolute atomic E-state index is 10.9. The Kier molecular flexibility index (Phi) is 3.28. The molecule has 0 aliphatic heterocycles. The van der Waals surface area contributed by atoms with Crippen molar-refractivity contribution in [1.82, 2.24) is 0 Å². The third kappa shape index (κ3) is 2.45. The molecule has 0 spiro atoms. The highest BCUT2D eigenvalue weighted by Crippen LogP contribution is 2.10. The third-order valence-electron chi connectivity index (χ3n) is 1.76. The number of carbonyl (C=O) groups excluding carboxylic acids is 1. The summed E-state index contributed by atoms with van der Waals surface area (Å²) >= 11 is 0. The predicted octanol–water partition coefficient (Wildman–Crippen LogP) is 1.05. The SMILES string of the molecule is NCC1=CCC=C(C(=O)N=O)C=C1. The summed E-state index contributed by atoms with van der Waals surface area (Å²) in [5, 5.41) is 2.34. The van der Waals surface area contributed by atoms with Crippen LogP contribution in [0.2, 0.25) is 0 Å². The Morgan fingerprint density at radius 1 is 1.46 bits per heavy atom. The van der Waals surface area contributed by atoms with Crippen LogP contribution in [0.4, 0.5) is 0 Å². The Morgan fingerprint density at radius 3 is 2.85 bits per heavy atom. The van der Waals surface area contributed by atoms with E-state index >= 15 is 0 Å². The molecule has 4 nitrogen and oxygen atoms in total. The number of allylic oxidation sites excluding steroid dienone is 2. The van der Waals surface area contributed by atoms with Crippen LogP contribution in [-0.4, -0.2) is 12.5 Å². The van der Waals surface area contributed by atoms with E-state index in [-0.39, 0.29) is 0 Å². The fourth-order valence-corrected chi connectivity index (χ4v) is 1.03. The molecule has 0 aromatic rings. The van der Waals surface area contributed by atoms with Crippen molar-refractivity contribution in [3.05, 3.63) is 40.4 Å². The van der Waals surface area contributed by atoms with Gasteiger partial charge in [-0.15, -0.1) is 4.91 Å². The van der Waals surface area contributed by atoms with Gasteiger partial charge in [-0.1, -0.05) is 18.2 Å². The number of nitroso groups, excluding NO2 is 1. The van der Waals surface area contributed by atoms with Crippen LogP contribution in [0, 0.1) is 4.91 Å². The average Bonchev–Trinajstić information content (AvgIpc) is 2.41. The van der Waals surface area contributed by atoms with Gasteiger partial charge >= 0.3 is 5.91 Å². The molecule has 0 bridgehead atoms. The standard InChI is InChI=1S/C9H10N2O2/c10-6-7-2-1-3-8(5-4-7)9(12)11-13/h2-5H,1,6,10H2. The normalized spacial score (nSPS) is 15.8. The first-order valence-electron chi connectivity index (χ1n) is 3.93. The second kappa shape index (κ2) is 4.47. The molecule has 2 N–H and O–H groups in total. The summed E-state index contributed by atoms with van der Waals surface area (Å²) < 4.78 is 0. The summed E-state index contributed by atoms with van der Waals surface area (Å²) in [6.07, 6.45) is 7.46. The maximum atomic E-state index is 10.9. The van der Waals surface area contributed by atoms with Gasteiger partial charge in [0.1, 0.15) is 0 Å². The smallest absolute Gasteiger partial charge is 0.316 e. The van der Waals surface area contributed by atoms with Crippen LogP contribution < -0.4 is 5.73 Å². The van der Waals surface area contributed by atoms with Crippen LogP contribution in [0.3, 0.4) is 0 Å². The first-order valence-corrected chi connectivity index (χ1v) is 3.93. The summed E-state index contributed by atoms with van der Waals surface area (Å²) in [4.78, 5) is 20.8. The Hall–Kier alpha value is -1.55. The molecule has 1 aliphatic carbocycles. The highest BCUT2D eigenvalue weighted by Gasteiger charge is 2.06. The van der Waals surface area contributed by atoms with Gasteiger partial charge in [0.05, 0.1) is 0 Å². The van der Waals surface area contributed by atoms with Crippen molar-refractivity contribution in [2.45, 2.75) is 6.42 Å². The van der Waals surface area contributed by atoms with Gasteiger partial charge < -0.3 is 5.73 Å². The molecular weight excluding hydrogens is 168 g/mol. The van der Waals surface area contributed by atoms with Gasteiger partial charge in [0.2, 0.25) is 0 Å². The van der Waals surface area contributed by atoms with Crippen molar-refractivity contribution < 1.29 is 4.79 Å². The van der Waals surface area contributed by atoms with Gasteiger partial charge in [-0.25, -0.2) is 0 Å². The van der Waals surface area contributed by atoms with Gasteiger partial charge in [0.25, 0.3) is 0 Å². The van der Waals surface area contributed by atoms with E-state index < -0.39 is 5.91 Å². The molecule has 1 rings (SSSR count). The van der Waals surface area contributed by atoms with E-state index in [1.165, 1.54) is 0 Å². The molecule has 0 fully saturated rings. The fraction of sp³-hybridized carbons (Fsp3) is 0.222. The maximum Gasteiger partial charge on any atom is 0.316 e. The van der Waals surface area contributed by atoms with Gasteiger partial charge in [0.15, 0.2) is 0 Å². The minimum absolute atomic E-state index is 0.328. The number of nitrogens with zero attached hydrogens (tertiary/aromatic N) is 1. The first kappa shape index (κ1) is 9.54.